The Kier molecular flexibility index (Phi) is 6.54. The molecule has 1 heterocycles. The van der Waals surface area contributed by atoms with Gasteiger partial charge in [0.05, 0.1) is 6.04 Å². The van der Waals surface area contributed by atoms with E-state index >= 15 is 0 Å². The third-order valence-corrected chi connectivity index (χ3v) is 4.29. The van der Waals surface area contributed by atoms with Gasteiger partial charge in [-0.05, 0) is 42.9 Å². The summed E-state index contributed by atoms with van der Waals surface area (Å²) in [5.74, 6) is 0.190. The quantitative estimate of drug-likeness (QED) is 0.845. The van der Waals surface area contributed by atoms with Crippen LogP contribution in [0.1, 0.15) is 38.7 Å². The minimum atomic E-state index is -0.416. The van der Waals surface area contributed by atoms with Crippen LogP contribution in [0.5, 0.6) is 0 Å². The molecule has 4 nitrogen and oxygen atoms in total. The average Bonchev–Trinajstić information content (AvgIpc) is 2.48. The van der Waals surface area contributed by atoms with Gasteiger partial charge in [-0.25, -0.2) is 4.39 Å². The van der Waals surface area contributed by atoms with E-state index in [4.69, 9.17) is 5.73 Å². The number of rotatable bonds is 6. The Morgan fingerprint density at radius 1 is 1.39 bits per heavy atom. The second-order valence-electron chi connectivity index (χ2n) is 6.92. The number of amides is 1. The van der Waals surface area contributed by atoms with Crippen LogP contribution in [0.15, 0.2) is 24.3 Å². The van der Waals surface area contributed by atoms with Crippen LogP contribution in [0.25, 0.3) is 0 Å². The molecule has 1 amide bonds. The second-order valence-corrected chi connectivity index (χ2v) is 6.92. The number of halogens is 1. The zero-order valence-electron chi connectivity index (χ0n) is 14.1. The Morgan fingerprint density at radius 3 is 2.70 bits per heavy atom. The molecule has 0 aromatic heterocycles. The summed E-state index contributed by atoms with van der Waals surface area (Å²) in [5, 5.41) is 3.07. The first-order valence-corrected chi connectivity index (χ1v) is 8.47. The monoisotopic (exact) mass is 321 g/mol. The SMILES string of the molecule is CC(C)C[C@H](N)C(=O)NC1CCN(Cc2cccc(F)c2)CC1. The molecule has 1 aliphatic heterocycles. The summed E-state index contributed by atoms with van der Waals surface area (Å²) in [6, 6.07) is 6.52. The molecular formula is C18H28FN3O. The van der Waals surface area contributed by atoms with Crippen molar-refractivity contribution >= 4 is 5.91 Å². The molecule has 0 bridgehead atoms. The summed E-state index contributed by atoms with van der Waals surface area (Å²) in [7, 11) is 0. The topological polar surface area (TPSA) is 58.4 Å². The number of nitrogens with one attached hydrogen (secondary N) is 1. The van der Waals surface area contributed by atoms with Crippen LogP contribution in [0.2, 0.25) is 0 Å². The van der Waals surface area contributed by atoms with Gasteiger partial charge in [-0.15, -0.1) is 0 Å². The molecule has 1 fully saturated rings. The first kappa shape index (κ1) is 17.9. The Bertz CT molecular complexity index is 513. The molecule has 128 valence electrons. The highest BCUT2D eigenvalue weighted by Gasteiger charge is 2.23. The maximum Gasteiger partial charge on any atom is 0.237 e. The van der Waals surface area contributed by atoms with E-state index in [-0.39, 0.29) is 17.8 Å². The van der Waals surface area contributed by atoms with E-state index in [1.807, 2.05) is 6.07 Å². The molecule has 1 aromatic carbocycles. The lowest BCUT2D eigenvalue weighted by molar-refractivity contribution is -0.123. The molecule has 0 spiro atoms. The van der Waals surface area contributed by atoms with Crippen molar-refractivity contribution in [2.24, 2.45) is 11.7 Å². The Morgan fingerprint density at radius 2 is 2.09 bits per heavy atom. The van der Waals surface area contributed by atoms with Gasteiger partial charge in [0.1, 0.15) is 5.82 Å². The number of nitrogens with two attached hydrogens (primary N) is 1. The second kappa shape index (κ2) is 8.41. The fourth-order valence-electron chi connectivity index (χ4n) is 3.05. The number of piperidine rings is 1. The number of hydrogen-bond donors (Lipinski definition) is 2. The maximum atomic E-state index is 13.2. The molecule has 5 heteroatoms. The van der Waals surface area contributed by atoms with Crippen molar-refractivity contribution in [1.29, 1.82) is 0 Å². The molecule has 0 aliphatic carbocycles. The van der Waals surface area contributed by atoms with E-state index in [2.05, 4.69) is 24.1 Å². The van der Waals surface area contributed by atoms with Crippen LogP contribution in [0.3, 0.4) is 0 Å². The number of carbonyl (C=O) groups excluding carboxylic acids is 1. The molecular weight excluding hydrogens is 293 g/mol. The van der Waals surface area contributed by atoms with Crippen LogP contribution in [0, 0.1) is 11.7 Å². The highest BCUT2D eigenvalue weighted by Crippen LogP contribution is 2.15. The van der Waals surface area contributed by atoms with Gasteiger partial charge in [0.15, 0.2) is 0 Å². The zero-order chi connectivity index (χ0) is 16.8. The predicted octanol–water partition coefficient (Wildman–Crippen LogP) is 2.28. The number of carbonyl (C=O) groups is 1. The molecule has 3 N–H and O–H groups in total. The molecule has 23 heavy (non-hydrogen) atoms. The third-order valence-electron chi connectivity index (χ3n) is 4.29. The van der Waals surface area contributed by atoms with Gasteiger partial charge >= 0.3 is 0 Å². The van der Waals surface area contributed by atoms with Crippen molar-refractivity contribution in [3.05, 3.63) is 35.6 Å². The molecule has 1 aliphatic rings. The van der Waals surface area contributed by atoms with Crippen molar-refractivity contribution in [2.45, 2.75) is 51.7 Å². The summed E-state index contributed by atoms with van der Waals surface area (Å²) in [6.07, 6.45) is 2.54. The largest absolute Gasteiger partial charge is 0.352 e. The van der Waals surface area contributed by atoms with Gasteiger partial charge in [0, 0.05) is 25.7 Å². The van der Waals surface area contributed by atoms with Gasteiger partial charge in [-0.1, -0.05) is 26.0 Å². The van der Waals surface area contributed by atoms with Gasteiger partial charge < -0.3 is 11.1 Å². The number of likely N-dealkylation sites (tertiary alicyclic amines) is 1. The molecule has 0 saturated carbocycles. The van der Waals surface area contributed by atoms with E-state index in [0.29, 0.717) is 12.3 Å². The van der Waals surface area contributed by atoms with Crippen LogP contribution in [-0.4, -0.2) is 36.0 Å². The van der Waals surface area contributed by atoms with Crippen molar-refractivity contribution in [1.82, 2.24) is 10.2 Å². The van der Waals surface area contributed by atoms with Crippen molar-refractivity contribution in [3.63, 3.8) is 0 Å². The summed E-state index contributed by atoms with van der Waals surface area (Å²) in [5.41, 5.74) is 6.91. The Hall–Kier alpha value is -1.46. The lowest BCUT2D eigenvalue weighted by atomic mass is 10.0. The smallest absolute Gasteiger partial charge is 0.237 e. The fraction of sp³-hybridized carbons (Fsp3) is 0.611. The number of hydrogen-bond acceptors (Lipinski definition) is 3. The van der Waals surface area contributed by atoms with Crippen LogP contribution >= 0.6 is 0 Å². The van der Waals surface area contributed by atoms with E-state index in [1.54, 1.807) is 12.1 Å². The molecule has 1 aromatic rings. The predicted molar refractivity (Wildman–Crippen MR) is 90.3 cm³/mol. The standard InChI is InChI=1S/C18H28FN3O/c1-13(2)10-17(20)18(23)21-16-6-8-22(9-7-16)12-14-4-3-5-15(19)11-14/h3-5,11,13,16-17H,6-10,12,20H2,1-2H3,(H,21,23)/t17-/m0/s1. The first-order valence-electron chi connectivity index (χ1n) is 8.47. The zero-order valence-corrected chi connectivity index (χ0v) is 14.1. The Labute approximate surface area is 138 Å². The van der Waals surface area contributed by atoms with E-state index in [0.717, 1.165) is 38.0 Å². The van der Waals surface area contributed by atoms with Crippen molar-refractivity contribution in [3.8, 4) is 0 Å². The van der Waals surface area contributed by atoms with E-state index < -0.39 is 6.04 Å². The number of nitrogens with zero attached hydrogens (tertiary/aromatic N) is 1. The highest BCUT2D eigenvalue weighted by atomic mass is 19.1. The van der Waals surface area contributed by atoms with Crippen LogP contribution in [-0.2, 0) is 11.3 Å². The van der Waals surface area contributed by atoms with Gasteiger partial charge in [0.25, 0.3) is 0 Å². The summed E-state index contributed by atoms with van der Waals surface area (Å²) >= 11 is 0. The molecule has 0 unspecified atom stereocenters. The third kappa shape index (κ3) is 5.92. The molecule has 2 rings (SSSR count). The summed E-state index contributed by atoms with van der Waals surface area (Å²) in [6.45, 7) is 6.70. The lowest BCUT2D eigenvalue weighted by Crippen LogP contribution is -2.49. The van der Waals surface area contributed by atoms with Crippen molar-refractivity contribution in [2.75, 3.05) is 13.1 Å². The minimum Gasteiger partial charge on any atom is -0.352 e. The van der Waals surface area contributed by atoms with Gasteiger partial charge in [0.2, 0.25) is 5.91 Å². The highest BCUT2D eigenvalue weighted by molar-refractivity contribution is 5.81. The van der Waals surface area contributed by atoms with Crippen molar-refractivity contribution < 1.29 is 9.18 Å². The average molecular weight is 321 g/mol. The van der Waals surface area contributed by atoms with Crippen LogP contribution < -0.4 is 11.1 Å². The van der Waals surface area contributed by atoms with E-state index in [1.165, 1.54) is 6.07 Å². The maximum absolute atomic E-state index is 13.2. The minimum absolute atomic E-state index is 0.0396. The molecule has 1 saturated heterocycles. The fourth-order valence-corrected chi connectivity index (χ4v) is 3.05. The summed E-state index contributed by atoms with van der Waals surface area (Å²) in [4.78, 5) is 14.4. The van der Waals surface area contributed by atoms with Gasteiger partial charge in [-0.2, -0.15) is 0 Å². The molecule has 1 atom stereocenters. The number of benzene rings is 1. The summed E-state index contributed by atoms with van der Waals surface area (Å²) < 4.78 is 13.2. The normalized spacial score (nSPS) is 18.1. The first-order chi connectivity index (χ1) is 10.9. The van der Waals surface area contributed by atoms with Gasteiger partial charge in [-0.3, -0.25) is 9.69 Å². The Balaban J connectivity index is 1.74. The molecule has 0 radical (unpaired) electrons. The van der Waals surface area contributed by atoms with Crippen LogP contribution in [0.4, 0.5) is 4.39 Å². The van der Waals surface area contributed by atoms with E-state index in [9.17, 15) is 9.18 Å². The lowest BCUT2D eigenvalue weighted by Gasteiger charge is -2.33.